The van der Waals surface area contributed by atoms with Crippen LogP contribution in [0.25, 0.3) is 5.57 Å². The molecule has 2 rings (SSSR count). The van der Waals surface area contributed by atoms with Crippen LogP contribution in [-0.4, -0.2) is 11.0 Å². The first-order valence-corrected chi connectivity index (χ1v) is 4.83. The Morgan fingerprint density at radius 2 is 2.21 bits per heavy atom. The van der Waals surface area contributed by atoms with Crippen LogP contribution in [0.2, 0.25) is 0 Å². The fraction of sp³-hybridized carbons (Fsp3) is 0.250. The zero-order valence-electron chi connectivity index (χ0n) is 8.49. The summed E-state index contributed by atoms with van der Waals surface area (Å²) in [7, 11) is 0. The van der Waals surface area contributed by atoms with Crippen molar-refractivity contribution in [3.05, 3.63) is 47.9 Å². The number of rotatable bonds is 1. The molecule has 0 radical (unpaired) electrons. The van der Waals surface area contributed by atoms with Crippen molar-refractivity contribution in [2.75, 3.05) is 0 Å². The molecule has 0 aromatic carbocycles. The van der Waals surface area contributed by atoms with E-state index in [-0.39, 0.29) is 0 Å². The van der Waals surface area contributed by atoms with E-state index in [0.717, 1.165) is 11.3 Å². The topological polar surface area (TPSA) is 24.9 Å². The van der Waals surface area contributed by atoms with Crippen LogP contribution in [-0.2, 0) is 0 Å². The van der Waals surface area contributed by atoms with Gasteiger partial charge in [-0.05, 0) is 25.5 Å². The predicted molar refractivity (Wildman–Crippen MR) is 58.7 cm³/mol. The van der Waals surface area contributed by atoms with E-state index in [9.17, 15) is 0 Å². The normalized spacial score (nSPS) is 20.1. The van der Waals surface area contributed by atoms with Crippen LogP contribution in [0.4, 0.5) is 0 Å². The summed E-state index contributed by atoms with van der Waals surface area (Å²) in [6, 6.07) is 4.54. The van der Waals surface area contributed by atoms with Crippen LogP contribution >= 0.6 is 0 Å². The van der Waals surface area contributed by atoms with E-state index in [2.05, 4.69) is 35.4 Å². The highest BCUT2D eigenvalue weighted by molar-refractivity contribution is 5.72. The molecule has 1 unspecified atom stereocenters. The van der Waals surface area contributed by atoms with E-state index < -0.39 is 0 Å². The molecule has 0 aliphatic carbocycles. The van der Waals surface area contributed by atoms with Crippen LogP contribution in [0.5, 0.6) is 0 Å². The summed E-state index contributed by atoms with van der Waals surface area (Å²) in [5.74, 6) is 0. The quantitative estimate of drug-likeness (QED) is 0.727. The minimum absolute atomic E-state index is 0.421. The first-order chi connectivity index (χ1) is 6.75. The lowest BCUT2D eigenvalue weighted by Crippen LogP contribution is -2.20. The van der Waals surface area contributed by atoms with Crippen molar-refractivity contribution in [3.8, 4) is 0 Å². The number of nitrogens with zero attached hydrogens (tertiary/aromatic N) is 1. The van der Waals surface area contributed by atoms with E-state index in [4.69, 9.17) is 0 Å². The van der Waals surface area contributed by atoms with Gasteiger partial charge in [0.1, 0.15) is 0 Å². The lowest BCUT2D eigenvalue weighted by molar-refractivity contribution is 0.763. The molecule has 14 heavy (non-hydrogen) atoms. The highest BCUT2D eigenvalue weighted by atomic mass is 14.9. The second kappa shape index (κ2) is 3.66. The number of nitrogens with one attached hydrogen (secondary N) is 1. The molecule has 2 nitrogen and oxygen atoms in total. The molecule has 2 heteroatoms. The number of aromatic nitrogens is 1. The van der Waals surface area contributed by atoms with Crippen LogP contribution in [0.15, 0.2) is 36.7 Å². The Kier molecular flexibility index (Phi) is 2.35. The van der Waals surface area contributed by atoms with Gasteiger partial charge >= 0.3 is 0 Å². The molecule has 0 amide bonds. The predicted octanol–water partition coefficient (Wildman–Crippen LogP) is 2.28. The minimum atomic E-state index is 0.421. The highest BCUT2D eigenvalue weighted by Gasteiger charge is 2.04. The fourth-order valence-electron chi connectivity index (χ4n) is 1.37. The van der Waals surface area contributed by atoms with Gasteiger partial charge in [0.15, 0.2) is 0 Å². The standard InChI is InChI=1S/C12H14N2/c1-9-3-6-12(14-7-9)11-5-4-10(2)13-8-11/h3-8,10,13H,1-2H3. The van der Waals surface area contributed by atoms with Gasteiger partial charge in [-0.25, -0.2) is 0 Å². The van der Waals surface area contributed by atoms with E-state index in [1.54, 1.807) is 0 Å². The van der Waals surface area contributed by atoms with Gasteiger partial charge in [0.2, 0.25) is 0 Å². The Morgan fingerprint density at radius 1 is 1.36 bits per heavy atom. The second-order valence-electron chi connectivity index (χ2n) is 3.63. The maximum atomic E-state index is 4.37. The summed E-state index contributed by atoms with van der Waals surface area (Å²) >= 11 is 0. The van der Waals surface area contributed by atoms with Gasteiger partial charge < -0.3 is 5.32 Å². The summed E-state index contributed by atoms with van der Waals surface area (Å²) in [6.07, 6.45) is 8.15. The first kappa shape index (κ1) is 9.00. The third-order valence-electron chi connectivity index (χ3n) is 2.27. The van der Waals surface area contributed by atoms with E-state index in [0.29, 0.717) is 6.04 Å². The number of aryl methyl sites for hydroxylation is 1. The van der Waals surface area contributed by atoms with Gasteiger partial charge in [-0.2, -0.15) is 0 Å². The van der Waals surface area contributed by atoms with Gasteiger partial charge in [-0.15, -0.1) is 0 Å². The average Bonchev–Trinajstić information content (AvgIpc) is 2.21. The number of hydrogen-bond acceptors (Lipinski definition) is 2. The molecule has 1 aromatic rings. The van der Waals surface area contributed by atoms with Crippen molar-refractivity contribution in [2.24, 2.45) is 0 Å². The maximum Gasteiger partial charge on any atom is 0.0716 e. The molecule has 1 N–H and O–H groups in total. The molecule has 1 aliphatic heterocycles. The second-order valence-corrected chi connectivity index (χ2v) is 3.63. The monoisotopic (exact) mass is 186 g/mol. The van der Waals surface area contributed by atoms with Gasteiger partial charge in [0, 0.05) is 24.0 Å². The summed E-state index contributed by atoms with van der Waals surface area (Å²) < 4.78 is 0. The van der Waals surface area contributed by atoms with Crippen LogP contribution in [0, 0.1) is 6.92 Å². The summed E-state index contributed by atoms with van der Waals surface area (Å²) in [4.78, 5) is 4.37. The third-order valence-corrected chi connectivity index (χ3v) is 2.27. The number of pyridine rings is 1. The molecule has 1 aliphatic rings. The Labute approximate surface area is 84.4 Å². The number of allylic oxidation sites excluding steroid dienone is 2. The van der Waals surface area contributed by atoms with E-state index >= 15 is 0 Å². The first-order valence-electron chi connectivity index (χ1n) is 4.83. The number of dihydropyridines is 1. The lowest BCUT2D eigenvalue weighted by Gasteiger charge is -2.13. The van der Waals surface area contributed by atoms with Crippen LogP contribution in [0.1, 0.15) is 18.2 Å². The molecular formula is C12H14N2. The highest BCUT2D eigenvalue weighted by Crippen LogP contribution is 2.15. The van der Waals surface area contributed by atoms with Gasteiger partial charge in [-0.1, -0.05) is 18.2 Å². The molecule has 0 bridgehead atoms. The SMILES string of the molecule is Cc1ccc(C2=CNC(C)C=C2)nc1. The summed E-state index contributed by atoms with van der Waals surface area (Å²) in [5.41, 5.74) is 3.35. The third kappa shape index (κ3) is 1.84. The van der Waals surface area contributed by atoms with Crippen molar-refractivity contribution >= 4 is 5.57 Å². The molecule has 72 valence electrons. The van der Waals surface area contributed by atoms with Gasteiger partial charge in [0.25, 0.3) is 0 Å². The Bertz CT molecular complexity index is 374. The Morgan fingerprint density at radius 3 is 2.79 bits per heavy atom. The van der Waals surface area contributed by atoms with Crippen LogP contribution in [0.3, 0.4) is 0 Å². The molecule has 2 heterocycles. The molecule has 0 fully saturated rings. The van der Waals surface area contributed by atoms with Crippen molar-refractivity contribution < 1.29 is 0 Å². The number of hydrogen-bond donors (Lipinski definition) is 1. The van der Waals surface area contributed by atoms with Gasteiger partial charge in [-0.3, -0.25) is 4.98 Å². The van der Waals surface area contributed by atoms with Crippen molar-refractivity contribution in [3.63, 3.8) is 0 Å². The molecule has 1 aromatic heterocycles. The fourth-order valence-corrected chi connectivity index (χ4v) is 1.37. The van der Waals surface area contributed by atoms with E-state index in [1.807, 2.05) is 25.4 Å². The zero-order chi connectivity index (χ0) is 9.97. The van der Waals surface area contributed by atoms with Crippen molar-refractivity contribution in [1.29, 1.82) is 0 Å². The summed E-state index contributed by atoms with van der Waals surface area (Å²) in [6.45, 7) is 4.16. The van der Waals surface area contributed by atoms with Crippen molar-refractivity contribution in [2.45, 2.75) is 19.9 Å². The summed E-state index contributed by atoms with van der Waals surface area (Å²) in [5, 5.41) is 3.26. The Hall–Kier alpha value is -1.57. The molecule has 1 atom stereocenters. The molecular weight excluding hydrogens is 172 g/mol. The largest absolute Gasteiger partial charge is 0.384 e. The Balaban J connectivity index is 2.24. The van der Waals surface area contributed by atoms with Crippen molar-refractivity contribution in [1.82, 2.24) is 10.3 Å². The van der Waals surface area contributed by atoms with E-state index in [1.165, 1.54) is 5.56 Å². The van der Waals surface area contributed by atoms with Crippen LogP contribution < -0.4 is 5.32 Å². The molecule has 0 spiro atoms. The maximum absolute atomic E-state index is 4.37. The van der Waals surface area contributed by atoms with Gasteiger partial charge in [0.05, 0.1) is 5.69 Å². The minimum Gasteiger partial charge on any atom is -0.384 e. The average molecular weight is 186 g/mol. The lowest BCUT2D eigenvalue weighted by atomic mass is 10.1. The zero-order valence-corrected chi connectivity index (χ0v) is 8.49. The molecule has 0 saturated carbocycles. The smallest absolute Gasteiger partial charge is 0.0716 e. The molecule has 0 saturated heterocycles.